The van der Waals surface area contributed by atoms with Crippen molar-refractivity contribution in [2.75, 3.05) is 31.1 Å². The summed E-state index contributed by atoms with van der Waals surface area (Å²) in [5.74, 6) is -0.310. The van der Waals surface area contributed by atoms with Crippen LogP contribution in [0.3, 0.4) is 0 Å². The number of nitrogens with two attached hydrogens (primary N) is 1. The van der Waals surface area contributed by atoms with Crippen LogP contribution in [0.5, 0.6) is 0 Å². The van der Waals surface area contributed by atoms with Crippen LogP contribution in [-0.4, -0.2) is 68.6 Å². The van der Waals surface area contributed by atoms with E-state index in [1.165, 1.54) is 33.8 Å². The van der Waals surface area contributed by atoms with Crippen LogP contribution in [0.2, 0.25) is 0 Å². The fraction of sp³-hybridized carbons (Fsp3) is 0.400. The second-order valence-corrected chi connectivity index (χ2v) is 7.79. The van der Waals surface area contributed by atoms with Crippen LogP contribution >= 0.6 is 0 Å². The Morgan fingerprint density at radius 2 is 1.85 bits per heavy atom. The summed E-state index contributed by atoms with van der Waals surface area (Å²) in [7, 11) is 0. The number of anilines is 1. The van der Waals surface area contributed by atoms with Gasteiger partial charge in [-0.15, -0.1) is 0 Å². The van der Waals surface area contributed by atoms with Crippen LogP contribution in [0.1, 0.15) is 12.0 Å². The lowest BCUT2D eigenvalue weighted by molar-refractivity contribution is -0.142. The molecule has 1 fully saturated rings. The van der Waals surface area contributed by atoms with Gasteiger partial charge in [0.1, 0.15) is 23.2 Å². The summed E-state index contributed by atoms with van der Waals surface area (Å²) in [5.41, 5.74) is 5.05. The molecule has 182 valence electrons. The minimum atomic E-state index is -4.55. The highest BCUT2D eigenvalue weighted by Gasteiger charge is 2.35. The summed E-state index contributed by atoms with van der Waals surface area (Å²) in [4.78, 5) is 27.6. The number of carbonyl (C=O) groups excluding carboxylic acids is 1. The largest absolute Gasteiger partial charge is 0.417 e. The van der Waals surface area contributed by atoms with Gasteiger partial charge < -0.3 is 10.6 Å². The molecule has 1 saturated heterocycles. The number of carbonyl (C=O) groups is 1. The molecule has 0 bridgehead atoms. The Hall–Kier alpha value is -3.42. The molecule has 34 heavy (non-hydrogen) atoms. The first-order valence-electron chi connectivity index (χ1n) is 10.2. The van der Waals surface area contributed by atoms with Gasteiger partial charge in [-0.2, -0.15) is 26.3 Å². The van der Waals surface area contributed by atoms with E-state index in [1.54, 1.807) is 4.90 Å². The number of amides is 1. The summed E-state index contributed by atoms with van der Waals surface area (Å²) in [6.45, 7) is 0.0649. The normalized spacial score (nSPS) is 17.9. The van der Waals surface area contributed by atoms with E-state index >= 15 is 0 Å². The summed E-state index contributed by atoms with van der Waals surface area (Å²) in [6.07, 6.45) is -6.33. The molecule has 0 aromatic carbocycles. The number of nitrogens with zero attached hydrogens (tertiary/aromatic N) is 6. The number of hydrogen-bond donors (Lipinski definition) is 1. The maximum absolute atomic E-state index is 13.1. The number of alkyl halides is 6. The second-order valence-electron chi connectivity index (χ2n) is 7.79. The Morgan fingerprint density at radius 3 is 2.53 bits per heavy atom. The van der Waals surface area contributed by atoms with E-state index in [2.05, 4.69) is 15.0 Å². The molecule has 8 nitrogen and oxygen atoms in total. The molecule has 1 amide bonds. The van der Waals surface area contributed by atoms with E-state index in [4.69, 9.17) is 5.73 Å². The van der Waals surface area contributed by atoms with Crippen molar-refractivity contribution in [1.82, 2.24) is 24.3 Å². The van der Waals surface area contributed by atoms with Gasteiger partial charge in [0.2, 0.25) is 5.91 Å². The van der Waals surface area contributed by atoms with Crippen LogP contribution in [0.15, 0.2) is 36.8 Å². The van der Waals surface area contributed by atoms with E-state index in [0.29, 0.717) is 5.82 Å². The van der Waals surface area contributed by atoms with Gasteiger partial charge in [0.15, 0.2) is 5.82 Å². The van der Waals surface area contributed by atoms with Crippen LogP contribution in [0, 0.1) is 0 Å². The van der Waals surface area contributed by atoms with Crippen molar-refractivity contribution in [1.29, 1.82) is 0 Å². The van der Waals surface area contributed by atoms with Crippen molar-refractivity contribution >= 4 is 17.4 Å². The van der Waals surface area contributed by atoms with E-state index in [-0.39, 0.29) is 43.3 Å². The fourth-order valence-corrected chi connectivity index (χ4v) is 3.80. The smallest absolute Gasteiger partial charge is 0.368 e. The predicted molar refractivity (Wildman–Crippen MR) is 109 cm³/mol. The van der Waals surface area contributed by atoms with Gasteiger partial charge in [-0.25, -0.2) is 15.0 Å². The third-order valence-electron chi connectivity index (χ3n) is 5.53. The molecule has 1 aliphatic heterocycles. The number of primary amides is 1. The minimum absolute atomic E-state index is 0.00895. The molecule has 14 heteroatoms. The highest BCUT2D eigenvalue weighted by atomic mass is 19.4. The van der Waals surface area contributed by atoms with Gasteiger partial charge in [-0.3, -0.25) is 14.1 Å². The number of fused-ring (bicyclic) bond motifs is 1. The quantitative estimate of drug-likeness (QED) is 0.557. The maximum atomic E-state index is 13.1. The SMILES string of the molecule is NC(=O)C1CN(c2ccnc(-c3cnc4ccc(C(F)(F)F)cn34)n2)CCN1CCC(F)(F)F. The highest BCUT2D eigenvalue weighted by Crippen LogP contribution is 2.31. The van der Waals surface area contributed by atoms with Crippen LogP contribution in [0.25, 0.3) is 17.2 Å². The van der Waals surface area contributed by atoms with Crippen LogP contribution < -0.4 is 10.6 Å². The Balaban J connectivity index is 1.59. The zero-order chi connectivity index (χ0) is 24.7. The number of pyridine rings is 1. The molecule has 4 rings (SSSR count). The average molecular weight is 487 g/mol. The number of hydrogen-bond acceptors (Lipinski definition) is 6. The van der Waals surface area contributed by atoms with Crippen molar-refractivity contribution in [3.63, 3.8) is 0 Å². The van der Waals surface area contributed by atoms with Crippen molar-refractivity contribution in [2.24, 2.45) is 5.73 Å². The summed E-state index contributed by atoms with van der Waals surface area (Å²) < 4.78 is 78.5. The standard InChI is InChI=1S/C20H19F6N7O/c21-19(22,23)4-6-31-7-8-32(11-14(31)17(27)34)16-3-5-28-18(30-16)13-9-29-15-2-1-12(10-33(13)15)20(24,25)26/h1-3,5,9-10,14H,4,6-8,11H2,(H2,27,34). The van der Waals surface area contributed by atoms with E-state index in [1.807, 2.05) is 0 Å². The first kappa shape index (κ1) is 23.7. The number of imidazole rings is 1. The van der Waals surface area contributed by atoms with Gasteiger partial charge >= 0.3 is 12.4 Å². The van der Waals surface area contributed by atoms with Crippen LogP contribution in [0.4, 0.5) is 32.2 Å². The summed E-state index contributed by atoms with van der Waals surface area (Å²) >= 11 is 0. The third-order valence-corrected chi connectivity index (χ3v) is 5.53. The number of piperazine rings is 1. The lowest BCUT2D eigenvalue weighted by atomic mass is 10.1. The molecule has 2 N–H and O–H groups in total. The minimum Gasteiger partial charge on any atom is -0.368 e. The second kappa shape index (κ2) is 8.74. The predicted octanol–water partition coefficient (Wildman–Crippen LogP) is 2.74. The van der Waals surface area contributed by atoms with Crippen molar-refractivity contribution in [3.8, 4) is 11.5 Å². The Morgan fingerprint density at radius 1 is 1.09 bits per heavy atom. The topological polar surface area (TPSA) is 92.7 Å². The van der Waals surface area contributed by atoms with Crippen molar-refractivity contribution in [2.45, 2.75) is 24.8 Å². The van der Waals surface area contributed by atoms with E-state index < -0.39 is 36.3 Å². The zero-order valence-corrected chi connectivity index (χ0v) is 17.5. The molecule has 4 heterocycles. The number of aromatic nitrogens is 4. The first-order valence-corrected chi connectivity index (χ1v) is 10.2. The van der Waals surface area contributed by atoms with Crippen molar-refractivity contribution in [3.05, 3.63) is 42.4 Å². The molecule has 1 aliphatic rings. The van der Waals surface area contributed by atoms with Gasteiger partial charge in [-0.05, 0) is 18.2 Å². The molecule has 3 aromatic heterocycles. The maximum Gasteiger partial charge on any atom is 0.417 e. The number of halogens is 6. The molecule has 3 aromatic rings. The van der Waals surface area contributed by atoms with Crippen LogP contribution in [-0.2, 0) is 11.0 Å². The van der Waals surface area contributed by atoms with Gasteiger partial charge in [0.25, 0.3) is 0 Å². The summed E-state index contributed by atoms with van der Waals surface area (Å²) in [5, 5.41) is 0. The fourth-order valence-electron chi connectivity index (χ4n) is 3.80. The zero-order valence-electron chi connectivity index (χ0n) is 17.5. The molecule has 0 radical (unpaired) electrons. The molecule has 0 spiro atoms. The van der Waals surface area contributed by atoms with Gasteiger partial charge in [-0.1, -0.05) is 0 Å². The monoisotopic (exact) mass is 487 g/mol. The van der Waals surface area contributed by atoms with E-state index in [9.17, 15) is 31.1 Å². The van der Waals surface area contributed by atoms with Gasteiger partial charge in [0, 0.05) is 38.6 Å². The molecular weight excluding hydrogens is 468 g/mol. The van der Waals surface area contributed by atoms with Crippen molar-refractivity contribution < 1.29 is 31.1 Å². The highest BCUT2D eigenvalue weighted by molar-refractivity contribution is 5.81. The molecule has 1 unspecified atom stereocenters. The Bertz CT molecular complexity index is 1190. The Labute approximate surface area is 189 Å². The lowest BCUT2D eigenvalue weighted by Crippen LogP contribution is -2.58. The van der Waals surface area contributed by atoms with Gasteiger partial charge in [0.05, 0.1) is 18.2 Å². The lowest BCUT2D eigenvalue weighted by Gasteiger charge is -2.40. The van der Waals surface area contributed by atoms with E-state index in [0.717, 1.165) is 12.3 Å². The summed E-state index contributed by atoms with van der Waals surface area (Å²) in [6, 6.07) is 2.73. The molecular formula is C20H19F6N7O. The Kier molecular flexibility index (Phi) is 6.10. The molecule has 0 aliphatic carbocycles. The molecule has 1 atom stereocenters. The third kappa shape index (κ3) is 5.05. The molecule has 0 saturated carbocycles. The average Bonchev–Trinajstić information content (AvgIpc) is 3.20. The first-order chi connectivity index (χ1) is 15.9. The number of rotatable bonds is 5.